The van der Waals surface area contributed by atoms with Gasteiger partial charge in [0, 0.05) is 33.0 Å². The van der Waals surface area contributed by atoms with Crippen LogP contribution < -0.4 is 5.32 Å². The van der Waals surface area contributed by atoms with E-state index in [0.717, 1.165) is 11.3 Å². The molecule has 0 aliphatic rings. The number of benzene rings is 2. The summed E-state index contributed by atoms with van der Waals surface area (Å²) in [6, 6.07) is 13.8. The van der Waals surface area contributed by atoms with Crippen molar-refractivity contribution in [3.63, 3.8) is 0 Å². The first-order chi connectivity index (χ1) is 11.5. The molecule has 0 atom stereocenters. The maximum Gasteiger partial charge on any atom is 0.230 e. The van der Waals surface area contributed by atoms with Gasteiger partial charge in [0.15, 0.2) is 0 Å². The van der Waals surface area contributed by atoms with Gasteiger partial charge in [-0.25, -0.2) is 0 Å². The Kier molecular flexibility index (Phi) is 8.33. The van der Waals surface area contributed by atoms with Crippen LogP contribution in [0, 0.1) is 6.92 Å². The molecule has 0 radical (unpaired) electrons. The molecular weight excluding hydrogens is 381 g/mol. The molecule has 6 heteroatoms. The molecule has 0 spiro atoms. The summed E-state index contributed by atoms with van der Waals surface area (Å²) in [5, 5.41) is 4.21. The zero-order chi connectivity index (χ0) is 17.4. The van der Waals surface area contributed by atoms with Gasteiger partial charge in [0.05, 0.1) is 5.75 Å². The molecule has 2 nitrogen and oxygen atoms in total. The van der Waals surface area contributed by atoms with E-state index in [0.29, 0.717) is 28.1 Å². The number of amides is 1. The van der Waals surface area contributed by atoms with E-state index >= 15 is 0 Å². The van der Waals surface area contributed by atoms with Crippen molar-refractivity contribution in [3.05, 3.63) is 63.6 Å². The van der Waals surface area contributed by atoms with Crippen molar-refractivity contribution in [2.45, 2.75) is 17.6 Å². The third-order valence-electron chi connectivity index (χ3n) is 3.22. The summed E-state index contributed by atoms with van der Waals surface area (Å²) >= 11 is 15.3. The van der Waals surface area contributed by atoms with Gasteiger partial charge in [-0.3, -0.25) is 4.79 Å². The predicted molar refractivity (Wildman–Crippen MR) is 108 cm³/mol. The summed E-state index contributed by atoms with van der Waals surface area (Å²) in [6.45, 7) is 2.74. The molecular formula is C18H19Cl2NOS2. The normalized spacial score (nSPS) is 10.6. The lowest BCUT2D eigenvalue weighted by atomic mass is 10.2. The van der Waals surface area contributed by atoms with E-state index in [1.54, 1.807) is 29.6 Å². The molecule has 2 aromatic rings. The highest BCUT2D eigenvalue weighted by Crippen LogP contribution is 2.24. The van der Waals surface area contributed by atoms with Gasteiger partial charge in [-0.15, -0.1) is 23.5 Å². The Morgan fingerprint density at radius 1 is 1.12 bits per heavy atom. The first kappa shape index (κ1) is 19.5. The molecule has 1 N–H and O–H groups in total. The molecule has 0 heterocycles. The van der Waals surface area contributed by atoms with Gasteiger partial charge in [0.1, 0.15) is 0 Å². The molecule has 0 aliphatic carbocycles. The molecule has 0 unspecified atom stereocenters. The Hall–Kier alpha value is -0.810. The molecule has 0 aliphatic heterocycles. The Labute approximate surface area is 161 Å². The fourth-order valence-electron chi connectivity index (χ4n) is 1.94. The number of rotatable bonds is 8. The van der Waals surface area contributed by atoms with Gasteiger partial charge >= 0.3 is 0 Å². The third kappa shape index (κ3) is 6.98. The standard InChI is InChI=1S/C18H19Cl2NOS2/c1-13-2-6-16(7-3-13)24-9-8-21-18(22)12-23-11-14-4-5-15(19)10-17(14)20/h2-7,10H,8-9,11-12H2,1H3,(H,21,22). The van der Waals surface area contributed by atoms with E-state index < -0.39 is 0 Å². The quantitative estimate of drug-likeness (QED) is 0.472. The molecule has 1 amide bonds. The van der Waals surface area contributed by atoms with Crippen molar-refractivity contribution < 1.29 is 4.79 Å². The van der Waals surface area contributed by atoms with Crippen molar-refractivity contribution in [2.75, 3.05) is 18.1 Å². The maximum absolute atomic E-state index is 11.8. The zero-order valence-electron chi connectivity index (χ0n) is 13.4. The Morgan fingerprint density at radius 2 is 1.88 bits per heavy atom. The number of hydrogen-bond acceptors (Lipinski definition) is 3. The molecule has 2 aromatic carbocycles. The second kappa shape index (κ2) is 10.2. The number of halogens is 2. The minimum Gasteiger partial charge on any atom is -0.355 e. The van der Waals surface area contributed by atoms with Gasteiger partial charge in [0.2, 0.25) is 5.91 Å². The lowest BCUT2D eigenvalue weighted by molar-refractivity contribution is -0.118. The topological polar surface area (TPSA) is 29.1 Å². The van der Waals surface area contributed by atoms with E-state index in [1.807, 2.05) is 12.1 Å². The van der Waals surface area contributed by atoms with Gasteiger partial charge in [0.25, 0.3) is 0 Å². The van der Waals surface area contributed by atoms with Crippen LogP contribution in [0.3, 0.4) is 0 Å². The average Bonchev–Trinajstić information content (AvgIpc) is 2.55. The second-order valence-electron chi connectivity index (χ2n) is 5.24. The predicted octanol–water partition coefficient (Wildman–Crippen LogP) is 5.44. The van der Waals surface area contributed by atoms with Gasteiger partial charge in [-0.1, -0.05) is 47.0 Å². The summed E-state index contributed by atoms with van der Waals surface area (Å²) in [7, 11) is 0. The van der Waals surface area contributed by atoms with Crippen LogP contribution in [-0.4, -0.2) is 24.0 Å². The van der Waals surface area contributed by atoms with Crippen LogP contribution in [0.25, 0.3) is 0 Å². The van der Waals surface area contributed by atoms with Gasteiger partial charge < -0.3 is 5.32 Å². The van der Waals surface area contributed by atoms with Crippen LogP contribution in [0.4, 0.5) is 0 Å². The smallest absolute Gasteiger partial charge is 0.230 e. The fourth-order valence-corrected chi connectivity index (χ4v) is 4.12. The first-order valence-electron chi connectivity index (χ1n) is 7.52. The monoisotopic (exact) mass is 399 g/mol. The summed E-state index contributed by atoms with van der Waals surface area (Å²) in [4.78, 5) is 13.1. The summed E-state index contributed by atoms with van der Waals surface area (Å²) in [6.07, 6.45) is 0. The molecule has 0 saturated heterocycles. The van der Waals surface area contributed by atoms with E-state index in [2.05, 4.69) is 36.5 Å². The fraction of sp³-hybridized carbons (Fsp3) is 0.278. The molecule has 24 heavy (non-hydrogen) atoms. The van der Waals surface area contributed by atoms with Gasteiger partial charge in [-0.05, 0) is 36.8 Å². The molecule has 0 bridgehead atoms. The minimum absolute atomic E-state index is 0.0505. The number of carbonyl (C=O) groups is 1. The van der Waals surface area contributed by atoms with Crippen molar-refractivity contribution >= 4 is 52.6 Å². The highest BCUT2D eigenvalue weighted by Gasteiger charge is 2.05. The van der Waals surface area contributed by atoms with Crippen molar-refractivity contribution in [2.24, 2.45) is 0 Å². The largest absolute Gasteiger partial charge is 0.355 e. The maximum atomic E-state index is 11.8. The molecule has 0 saturated carbocycles. The molecule has 128 valence electrons. The highest BCUT2D eigenvalue weighted by atomic mass is 35.5. The Balaban J connectivity index is 1.60. The number of nitrogens with one attached hydrogen (secondary N) is 1. The third-order valence-corrected chi connectivity index (χ3v) is 5.80. The first-order valence-corrected chi connectivity index (χ1v) is 10.4. The van der Waals surface area contributed by atoms with Crippen LogP contribution in [0.5, 0.6) is 0 Å². The van der Waals surface area contributed by atoms with Gasteiger partial charge in [-0.2, -0.15) is 0 Å². The van der Waals surface area contributed by atoms with Crippen molar-refractivity contribution in [1.82, 2.24) is 5.32 Å². The lowest BCUT2D eigenvalue weighted by Gasteiger charge is -2.07. The van der Waals surface area contributed by atoms with Crippen LogP contribution >= 0.6 is 46.7 Å². The van der Waals surface area contributed by atoms with Crippen molar-refractivity contribution in [1.29, 1.82) is 0 Å². The Bertz CT molecular complexity index is 677. The molecule has 2 rings (SSSR count). The lowest BCUT2D eigenvalue weighted by Crippen LogP contribution is -2.27. The highest BCUT2D eigenvalue weighted by molar-refractivity contribution is 7.99. The minimum atomic E-state index is 0.0505. The summed E-state index contributed by atoms with van der Waals surface area (Å²) < 4.78 is 0. The van der Waals surface area contributed by atoms with E-state index in [4.69, 9.17) is 23.2 Å². The van der Waals surface area contributed by atoms with Crippen LogP contribution in [0.1, 0.15) is 11.1 Å². The summed E-state index contributed by atoms with van der Waals surface area (Å²) in [5.74, 6) is 2.03. The number of carbonyl (C=O) groups excluding carboxylic acids is 1. The number of hydrogen-bond donors (Lipinski definition) is 1. The number of aryl methyl sites for hydroxylation is 1. The van der Waals surface area contributed by atoms with E-state index in [-0.39, 0.29) is 5.91 Å². The van der Waals surface area contributed by atoms with Crippen molar-refractivity contribution in [3.8, 4) is 0 Å². The Morgan fingerprint density at radius 3 is 2.58 bits per heavy atom. The summed E-state index contributed by atoms with van der Waals surface area (Å²) in [5.41, 5.74) is 2.25. The van der Waals surface area contributed by atoms with E-state index in [1.165, 1.54) is 10.5 Å². The SMILES string of the molecule is Cc1ccc(SCCNC(=O)CSCc2ccc(Cl)cc2Cl)cc1. The van der Waals surface area contributed by atoms with E-state index in [9.17, 15) is 4.79 Å². The van der Waals surface area contributed by atoms with Crippen LogP contribution in [0.2, 0.25) is 10.0 Å². The molecule has 0 fully saturated rings. The number of thioether (sulfide) groups is 2. The average molecular weight is 400 g/mol. The van der Waals surface area contributed by atoms with Crippen LogP contribution in [0.15, 0.2) is 47.4 Å². The van der Waals surface area contributed by atoms with Crippen LogP contribution in [-0.2, 0) is 10.5 Å². The molecule has 0 aromatic heterocycles. The second-order valence-corrected chi connectivity index (χ2v) is 8.24. The zero-order valence-corrected chi connectivity index (χ0v) is 16.5.